The highest BCUT2D eigenvalue weighted by Gasteiger charge is 2.16. The van der Waals surface area contributed by atoms with E-state index >= 15 is 0 Å². The van der Waals surface area contributed by atoms with E-state index in [0.717, 1.165) is 53.7 Å². The molecule has 18 heavy (non-hydrogen) atoms. The van der Waals surface area contributed by atoms with Crippen LogP contribution in [0, 0.1) is 0 Å². The van der Waals surface area contributed by atoms with Gasteiger partial charge < -0.3 is 10.5 Å². The van der Waals surface area contributed by atoms with Gasteiger partial charge in [-0.2, -0.15) is 0 Å². The number of aryl methyl sites for hydroxylation is 1. The maximum atomic E-state index is 6.28. The number of nitrogens with two attached hydrogens (primary N) is 1. The fourth-order valence-electron chi connectivity index (χ4n) is 2.58. The molecule has 0 saturated carbocycles. The van der Waals surface area contributed by atoms with E-state index in [0.29, 0.717) is 6.61 Å². The smallest absolute Gasteiger partial charge is 0.0755 e. The number of fused-ring (bicyclic) bond motifs is 2. The zero-order valence-electron chi connectivity index (χ0n) is 10.7. The maximum Gasteiger partial charge on any atom is 0.0755 e. The molecule has 1 aromatic carbocycles. The van der Waals surface area contributed by atoms with Gasteiger partial charge in [-0.3, -0.25) is 4.98 Å². The molecule has 0 unspecified atom stereocenters. The lowest BCUT2D eigenvalue weighted by molar-refractivity contribution is 0.110. The number of nitrogens with zero attached hydrogens (tertiary/aromatic N) is 1. The molecule has 0 spiro atoms. The molecule has 0 saturated heterocycles. The minimum absolute atomic E-state index is 0.599. The number of ether oxygens (including phenoxy) is 1. The van der Waals surface area contributed by atoms with Crippen LogP contribution < -0.4 is 5.73 Å². The lowest BCUT2D eigenvalue weighted by Gasteiger charge is -2.19. The normalized spacial score (nSPS) is 14.7. The highest BCUT2D eigenvalue weighted by molar-refractivity contribution is 5.92. The van der Waals surface area contributed by atoms with Gasteiger partial charge in [0, 0.05) is 23.1 Å². The van der Waals surface area contributed by atoms with Crippen molar-refractivity contribution in [1.82, 2.24) is 4.98 Å². The second kappa shape index (κ2) is 4.58. The minimum Gasteiger partial charge on any atom is -0.398 e. The molecule has 2 aromatic rings. The van der Waals surface area contributed by atoms with Crippen molar-refractivity contribution in [3.63, 3.8) is 0 Å². The molecule has 1 aromatic heterocycles. The lowest BCUT2D eigenvalue weighted by atomic mass is 10.0. The Morgan fingerprint density at radius 3 is 3.11 bits per heavy atom. The fraction of sp³-hybridized carbons (Fsp3) is 0.400. The number of anilines is 1. The van der Waals surface area contributed by atoms with Gasteiger partial charge in [-0.15, -0.1) is 0 Å². The van der Waals surface area contributed by atoms with E-state index in [4.69, 9.17) is 15.5 Å². The van der Waals surface area contributed by atoms with Crippen molar-refractivity contribution >= 4 is 16.6 Å². The van der Waals surface area contributed by atoms with Gasteiger partial charge in [-0.05, 0) is 24.1 Å². The van der Waals surface area contributed by atoms with Crippen LogP contribution in [0.15, 0.2) is 18.2 Å². The van der Waals surface area contributed by atoms with E-state index in [1.165, 1.54) is 5.56 Å². The highest BCUT2D eigenvalue weighted by Crippen LogP contribution is 2.29. The van der Waals surface area contributed by atoms with E-state index in [1.807, 2.05) is 0 Å². The van der Waals surface area contributed by atoms with Crippen LogP contribution in [0.5, 0.6) is 0 Å². The molecule has 2 heterocycles. The molecule has 0 radical (unpaired) electrons. The summed E-state index contributed by atoms with van der Waals surface area (Å²) in [6, 6.07) is 6.42. The molecule has 94 valence electrons. The standard InChI is InChI=1S/C15H18N2O/c1-2-3-10-4-5-13-11(8-10)15(16)12-9-18-7-6-14(12)17-13/h4-5,8H,2-3,6-7,9H2,1H3,(H2,16,17). The van der Waals surface area contributed by atoms with Gasteiger partial charge in [0.1, 0.15) is 0 Å². The summed E-state index contributed by atoms with van der Waals surface area (Å²) in [6.07, 6.45) is 3.10. The Bertz CT molecular complexity index is 593. The van der Waals surface area contributed by atoms with E-state index < -0.39 is 0 Å². The second-order valence-corrected chi connectivity index (χ2v) is 4.85. The molecule has 3 rings (SSSR count). The molecular formula is C15H18N2O. The zero-order chi connectivity index (χ0) is 12.5. The van der Waals surface area contributed by atoms with Gasteiger partial charge in [0.2, 0.25) is 0 Å². The largest absolute Gasteiger partial charge is 0.398 e. The van der Waals surface area contributed by atoms with Crippen molar-refractivity contribution in [2.75, 3.05) is 12.3 Å². The van der Waals surface area contributed by atoms with Crippen molar-refractivity contribution in [2.24, 2.45) is 0 Å². The number of aromatic nitrogens is 1. The molecule has 2 N–H and O–H groups in total. The number of pyridine rings is 1. The van der Waals surface area contributed by atoms with E-state index in [9.17, 15) is 0 Å². The molecule has 0 amide bonds. The maximum absolute atomic E-state index is 6.28. The quantitative estimate of drug-likeness (QED) is 0.881. The van der Waals surface area contributed by atoms with Crippen LogP contribution in [0.3, 0.4) is 0 Å². The molecule has 0 bridgehead atoms. The molecule has 0 fully saturated rings. The minimum atomic E-state index is 0.599. The van der Waals surface area contributed by atoms with Gasteiger partial charge in [0.15, 0.2) is 0 Å². The summed E-state index contributed by atoms with van der Waals surface area (Å²) >= 11 is 0. The SMILES string of the molecule is CCCc1ccc2nc3c(c(N)c2c1)COCC3. The third kappa shape index (κ3) is 1.85. The van der Waals surface area contributed by atoms with Crippen LogP contribution in [-0.4, -0.2) is 11.6 Å². The predicted octanol–water partition coefficient (Wildman–Crippen LogP) is 2.84. The molecular weight excluding hydrogens is 224 g/mol. The number of nitrogen functional groups attached to an aromatic ring is 1. The molecule has 3 nitrogen and oxygen atoms in total. The Kier molecular flexibility index (Phi) is 2.92. The van der Waals surface area contributed by atoms with Crippen LogP contribution in [0.1, 0.15) is 30.2 Å². The summed E-state index contributed by atoms with van der Waals surface area (Å²) in [7, 11) is 0. The molecule has 3 heteroatoms. The summed E-state index contributed by atoms with van der Waals surface area (Å²) in [5, 5.41) is 1.07. The monoisotopic (exact) mass is 242 g/mol. The van der Waals surface area contributed by atoms with Crippen LogP contribution in [0.25, 0.3) is 10.9 Å². The first kappa shape index (κ1) is 11.5. The van der Waals surface area contributed by atoms with Crippen molar-refractivity contribution in [2.45, 2.75) is 32.8 Å². The summed E-state index contributed by atoms with van der Waals surface area (Å²) in [5.74, 6) is 0. The third-order valence-electron chi connectivity index (χ3n) is 3.55. The van der Waals surface area contributed by atoms with Gasteiger partial charge in [0.25, 0.3) is 0 Å². The van der Waals surface area contributed by atoms with Gasteiger partial charge in [-0.1, -0.05) is 19.4 Å². The van der Waals surface area contributed by atoms with Crippen LogP contribution in [-0.2, 0) is 24.2 Å². The Labute approximate surface area is 107 Å². The second-order valence-electron chi connectivity index (χ2n) is 4.85. The summed E-state index contributed by atoms with van der Waals surface area (Å²) in [6.45, 7) is 3.54. The van der Waals surface area contributed by atoms with E-state index in [2.05, 4.69) is 25.1 Å². The third-order valence-corrected chi connectivity index (χ3v) is 3.55. The topological polar surface area (TPSA) is 48.1 Å². The van der Waals surface area contributed by atoms with E-state index in [1.54, 1.807) is 0 Å². The Morgan fingerprint density at radius 2 is 2.28 bits per heavy atom. The number of benzene rings is 1. The average molecular weight is 242 g/mol. The average Bonchev–Trinajstić information content (AvgIpc) is 2.40. The fourth-order valence-corrected chi connectivity index (χ4v) is 2.58. The van der Waals surface area contributed by atoms with Crippen molar-refractivity contribution in [3.8, 4) is 0 Å². The first-order chi connectivity index (χ1) is 8.79. The van der Waals surface area contributed by atoms with Crippen LogP contribution in [0.2, 0.25) is 0 Å². The van der Waals surface area contributed by atoms with E-state index in [-0.39, 0.29) is 0 Å². The summed E-state index contributed by atoms with van der Waals surface area (Å²) in [5.41, 5.74) is 11.7. The molecule has 1 aliphatic heterocycles. The first-order valence-corrected chi connectivity index (χ1v) is 6.57. The molecule has 1 aliphatic rings. The summed E-state index contributed by atoms with van der Waals surface area (Å²) in [4.78, 5) is 4.72. The molecule has 0 atom stereocenters. The van der Waals surface area contributed by atoms with Crippen molar-refractivity contribution in [3.05, 3.63) is 35.0 Å². The number of hydrogen-bond donors (Lipinski definition) is 1. The van der Waals surface area contributed by atoms with Gasteiger partial charge in [-0.25, -0.2) is 0 Å². The zero-order valence-corrected chi connectivity index (χ0v) is 10.7. The van der Waals surface area contributed by atoms with Crippen molar-refractivity contribution < 1.29 is 4.74 Å². The Morgan fingerprint density at radius 1 is 1.39 bits per heavy atom. The Hall–Kier alpha value is -1.61. The van der Waals surface area contributed by atoms with Gasteiger partial charge in [0.05, 0.1) is 24.4 Å². The Balaban J connectivity index is 2.19. The molecule has 0 aliphatic carbocycles. The predicted molar refractivity (Wildman–Crippen MR) is 73.5 cm³/mol. The van der Waals surface area contributed by atoms with Crippen LogP contribution >= 0.6 is 0 Å². The number of rotatable bonds is 2. The number of hydrogen-bond acceptors (Lipinski definition) is 3. The summed E-state index contributed by atoms with van der Waals surface area (Å²) < 4.78 is 5.48. The highest BCUT2D eigenvalue weighted by atomic mass is 16.5. The van der Waals surface area contributed by atoms with Gasteiger partial charge >= 0.3 is 0 Å². The lowest BCUT2D eigenvalue weighted by Crippen LogP contribution is -2.14. The van der Waals surface area contributed by atoms with Crippen molar-refractivity contribution in [1.29, 1.82) is 0 Å². The first-order valence-electron chi connectivity index (χ1n) is 6.57. The van der Waals surface area contributed by atoms with Crippen LogP contribution in [0.4, 0.5) is 5.69 Å².